The molecule has 1 heterocycles. The van der Waals surface area contributed by atoms with E-state index in [1.807, 2.05) is 85.1 Å². The Balaban J connectivity index is 1.32. The number of halogens is 1. The Morgan fingerprint density at radius 3 is 2.58 bits per heavy atom. The monoisotopic (exact) mass is 455 g/mol. The molecule has 164 valence electrons. The van der Waals surface area contributed by atoms with Crippen molar-refractivity contribution in [2.24, 2.45) is 0 Å². The smallest absolute Gasteiger partial charge is 0.261 e. The van der Waals surface area contributed by atoms with Crippen LogP contribution in [-0.2, 0) is 17.8 Å². The van der Waals surface area contributed by atoms with Crippen molar-refractivity contribution in [3.8, 4) is 11.8 Å². The minimum Gasteiger partial charge on any atom is -0.489 e. The maximum atomic E-state index is 12.5. The number of carbonyl (C=O) groups excluding carboxylic acids is 1. The Hall–Kier alpha value is -4.01. The van der Waals surface area contributed by atoms with Crippen LogP contribution in [0.15, 0.2) is 84.6 Å². The quantitative estimate of drug-likeness (QED) is 0.265. The minimum atomic E-state index is -0.389. The van der Waals surface area contributed by atoms with Gasteiger partial charge in [0.15, 0.2) is 0 Å². The van der Waals surface area contributed by atoms with E-state index in [9.17, 15) is 10.1 Å². The van der Waals surface area contributed by atoms with Crippen LogP contribution in [0.5, 0.6) is 5.75 Å². The normalized spacial score (nSPS) is 11.2. The summed E-state index contributed by atoms with van der Waals surface area (Å²) in [6, 6.07) is 24.7. The highest BCUT2D eigenvalue weighted by atomic mass is 35.5. The Kier molecular flexibility index (Phi) is 7.09. The van der Waals surface area contributed by atoms with Gasteiger partial charge in [-0.25, -0.2) is 0 Å². The van der Waals surface area contributed by atoms with Crippen LogP contribution in [0.1, 0.15) is 16.7 Å². The van der Waals surface area contributed by atoms with Gasteiger partial charge in [-0.3, -0.25) is 4.79 Å². The number of hydrogen-bond acceptors (Lipinski definition) is 3. The molecule has 0 unspecified atom stereocenters. The number of nitrogens with one attached hydrogen (secondary N) is 2. The van der Waals surface area contributed by atoms with Crippen molar-refractivity contribution >= 4 is 34.5 Å². The van der Waals surface area contributed by atoms with Gasteiger partial charge in [-0.2, -0.15) is 5.26 Å². The van der Waals surface area contributed by atoms with E-state index in [1.54, 1.807) is 6.08 Å². The zero-order valence-corrected chi connectivity index (χ0v) is 18.6. The summed E-state index contributed by atoms with van der Waals surface area (Å²) in [6.45, 7) is 0.867. The largest absolute Gasteiger partial charge is 0.489 e. The second-order valence-electron chi connectivity index (χ2n) is 7.52. The van der Waals surface area contributed by atoms with E-state index >= 15 is 0 Å². The van der Waals surface area contributed by atoms with Crippen molar-refractivity contribution in [3.05, 3.63) is 106 Å². The molecular weight excluding hydrogens is 434 g/mol. The van der Waals surface area contributed by atoms with Crippen molar-refractivity contribution < 1.29 is 9.53 Å². The van der Waals surface area contributed by atoms with Gasteiger partial charge in [0.25, 0.3) is 5.91 Å². The first kappa shape index (κ1) is 22.2. The van der Waals surface area contributed by atoms with Crippen LogP contribution in [0.4, 0.5) is 0 Å². The van der Waals surface area contributed by atoms with Gasteiger partial charge in [0.2, 0.25) is 0 Å². The molecule has 0 aliphatic carbocycles. The van der Waals surface area contributed by atoms with Crippen LogP contribution >= 0.6 is 11.6 Å². The lowest BCUT2D eigenvalue weighted by atomic mass is 10.1. The van der Waals surface area contributed by atoms with Gasteiger partial charge in [0.05, 0.1) is 0 Å². The summed E-state index contributed by atoms with van der Waals surface area (Å²) in [4.78, 5) is 15.7. The van der Waals surface area contributed by atoms with E-state index < -0.39 is 0 Å². The predicted octanol–water partition coefficient (Wildman–Crippen LogP) is 5.67. The van der Waals surface area contributed by atoms with Crippen LogP contribution in [-0.4, -0.2) is 17.4 Å². The molecule has 0 bridgehead atoms. The number of aromatic amines is 1. The SMILES string of the molecule is N#C/C(=C/c1ccc(OCc2ccc(Cl)cc2)cc1)C(=O)NCCc1c[nH]c2ccccc12. The molecule has 0 atom stereocenters. The van der Waals surface area contributed by atoms with Gasteiger partial charge < -0.3 is 15.0 Å². The fourth-order valence-electron chi connectivity index (χ4n) is 3.47. The highest BCUT2D eigenvalue weighted by Gasteiger charge is 2.10. The molecule has 0 saturated heterocycles. The van der Waals surface area contributed by atoms with Crippen molar-refractivity contribution in [1.82, 2.24) is 10.3 Å². The summed E-state index contributed by atoms with van der Waals surface area (Å²) < 4.78 is 5.77. The van der Waals surface area contributed by atoms with Crippen LogP contribution in [0.25, 0.3) is 17.0 Å². The number of H-pyrrole nitrogens is 1. The van der Waals surface area contributed by atoms with Crippen molar-refractivity contribution in [2.45, 2.75) is 13.0 Å². The molecule has 4 aromatic rings. The first-order valence-electron chi connectivity index (χ1n) is 10.5. The highest BCUT2D eigenvalue weighted by molar-refractivity contribution is 6.30. The van der Waals surface area contributed by atoms with Gasteiger partial charge in [-0.05, 0) is 59.5 Å². The van der Waals surface area contributed by atoms with E-state index in [4.69, 9.17) is 16.3 Å². The second kappa shape index (κ2) is 10.5. The summed E-state index contributed by atoms with van der Waals surface area (Å²) in [5.74, 6) is 0.309. The lowest BCUT2D eigenvalue weighted by Gasteiger charge is -2.07. The topological polar surface area (TPSA) is 77.9 Å². The van der Waals surface area contributed by atoms with Gasteiger partial charge in [0.1, 0.15) is 24.0 Å². The molecule has 5 nitrogen and oxygen atoms in total. The molecule has 4 rings (SSSR count). The third-order valence-corrected chi connectivity index (χ3v) is 5.48. The molecule has 0 saturated carbocycles. The summed E-state index contributed by atoms with van der Waals surface area (Å²) in [6.07, 6.45) is 4.20. The van der Waals surface area contributed by atoms with Crippen molar-refractivity contribution in [2.75, 3.05) is 6.54 Å². The number of nitriles is 1. The third kappa shape index (κ3) is 5.82. The van der Waals surface area contributed by atoms with Crippen LogP contribution < -0.4 is 10.1 Å². The molecule has 0 radical (unpaired) electrons. The molecule has 2 N–H and O–H groups in total. The number of para-hydroxylation sites is 1. The predicted molar refractivity (Wildman–Crippen MR) is 131 cm³/mol. The van der Waals surface area contributed by atoms with E-state index in [0.717, 1.165) is 27.6 Å². The van der Waals surface area contributed by atoms with Crippen LogP contribution in [0.3, 0.4) is 0 Å². The standard InChI is InChI=1S/C27H22ClN3O2/c28-23-9-5-20(6-10-23)18-33-24-11-7-19(8-12-24)15-22(16-29)27(32)30-14-13-21-17-31-26-4-2-1-3-25(21)26/h1-12,15,17,31H,13-14,18H2,(H,30,32)/b22-15-. The van der Waals surface area contributed by atoms with Crippen LogP contribution in [0, 0.1) is 11.3 Å². The van der Waals surface area contributed by atoms with Gasteiger partial charge in [-0.1, -0.05) is 54.1 Å². The van der Waals surface area contributed by atoms with Crippen molar-refractivity contribution in [3.63, 3.8) is 0 Å². The number of nitrogens with zero attached hydrogens (tertiary/aromatic N) is 1. The zero-order valence-electron chi connectivity index (χ0n) is 17.8. The number of benzene rings is 3. The molecule has 0 aliphatic heterocycles. The summed E-state index contributed by atoms with van der Waals surface area (Å²) in [5, 5.41) is 14.1. The Bertz CT molecular complexity index is 1320. The molecule has 3 aromatic carbocycles. The van der Waals surface area contributed by atoms with E-state index in [-0.39, 0.29) is 11.5 Å². The Labute approximate surface area is 197 Å². The second-order valence-corrected chi connectivity index (χ2v) is 7.96. The zero-order chi connectivity index (χ0) is 23.0. The van der Waals surface area contributed by atoms with Crippen LogP contribution in [0.2, 0.25) is 5.02 Å². The fraction of sp³-hybridized carbons (Fsp3) is 0.111. The van der Waals surface area contributed by atoms with Gasteiger partial charge in [-0.15, -0.1) is 0 Å². The molecule has 0 aliphatic rings. The highest BCUT2D eigenvalue weighted by Crippen LogP contribution is 2.19. The van der Waals surface area contributed by atoms with E-state index in [1.165, 1.54) is 0 Å². The molecule has 1 aromatic heterocycles. The number of amides is 1. The lowest BCUT2D eigenvalue weighted by molar-refractivity contribution is -0.117. The fourth-order valence-corrected chi connectivity index (χ4v) is 3.59. The minimum absolute atomic E-state index is 0.0590. The molecule has 33 heavy (non-hydrogen) atoms. The Morgan fingerprint density at radius 1 is 1.06 bits per heavy atom. The summed E-state index contributed by atoms with van der Waals surface area (Å²) >= 11 is 5.90. The van der Waals surface area contributed by atoms with E-state index in [0.29, 0.717) is 30.3 Å². The van der Waals surface area contributed by atoms with Crippen molar-refractivity contribution in [1.29, 1.82) is 5.26 Å². The number of hydrogen-bond donors (Lipinski definition) is 2. The first-order chi connectivity index (χ1) is 16.1. The van der Waals surface area contributed by atoms with E-state index in [2.05, 4.69) is 10.3 Å². The number of rotatable bonds is 8. The van der Waals surface area contributed by atoms with Gasteiger partial charge >= 0.3 is 0 Å². The molecular formula is C27H22ClN3O2. The lowest BCUT2D eigenvalue weighted by Crippen LogP contribution is -2.26. The number of ether oxygens (including phenoxy) is 1. The number of carbonyl (C=O) groups is 1. The van der Waals surface area contributed by atoms with Gasteiger partial charge in [0, 0.05) is 28.7 Å². The maximum Gasteiger partial charge on any atom is 0.261 e. The molecule has 6 heteroatoms. The molecule has 0 fully saturated rings. The average Bonchev–Trinajstić information content (AvgIpc) is 3.26. The first-order valence-corrected chi connectivity index (χ1v) is 10.9. The summed E-state index contributed by atoms with van der Waals surface area (Å²) in [7, 11) is 0. The maximum absolute atomic E-state index is 12.5. The molecule has 0 spiro atoms. The average molecular weight is 456 g/mol. The third-order valence-electron chi connectivity index (χ3n) is 5.23. The summed E-state index contributed by atoms with van der Waals surface area (Å²) in [5.41, 5.74) is 4.01. The number of fused-ring (bicyclic) bond motifs is 1. The molecule has 1 amide bonds. The number of aromatic nitrogens is 1. The Morgan fingerprint density at radius 2 is 1.82 bits per heavy atom.